The molecule has 1 heterocycles. The van der Waals surface area contributed by atoms with Crippen molar-refractivity contribution in [3.63, 3.8) is 0 Å². The van der Waals surface area contributed by atoms with Gasteiger partial charge in [-0.1, -0.05) is 37.6 Å². The molecule has 3 aromatic rings. The van der Waals surface area contributed by atoms with Gasteiger partial charge in [-0.3, -0.25) is 4.79 Å². The van der Waals surface area contributed by atoms with Crippen LogP contribution in [0.1, 0.15) is 24.5 Å². The van der Waals surface area contributed by atoms with Crippen molar-refractivity contribution in [3.05, 3.63) is 41.5 Å². The molecule has 0 radical (unpaired) electrons. The highest BCUT2D eigenvalue weighted by Crippen LogP contribution is 2.37. The lowest BCUT2D eigenvalue weighted by Crippen LogP contribution is -2.03. The summed E-state index contributed by atoms with van der Waals surface area (Å²) >= 11 is 1.61. The zero-order valence-corrected chi connectivity index (χ0v) is 13.6. The van der Waals surface area contributed by atoms with E-state index in [1.165, 1.54) is 16.3 Å². The zero-order chi connectivity index (χ0) is 15.7. The van der Waals surface area contributed by atoms with Crippen LogP contribution in [0.25, 0.3) is 21.8 Å². The molecule has 0 saturated heterocycles. The van der Waals surface area contributed by atoms with Gasteiger partial charge in [-0.2, -0.15) is 0 Å². The van der Waals surface area contributed by atoms with Gasteiger partial charge in [0.1, 0.15) is 0 Å². The van der Waals surface area contributed by atoms with Crippen molar-refractivity contribution >= 4 is 39.5 Å². The maximum atomic E-state index is 11.2. The smallest absolute Gasteiger partial charge is 0.307 e. The third-order valence-corrected chi connectivity index (χ3v) is 4.83. The molecule has 0 fully saturated rings. The molecular formula is C18H19NO2S. The first-order valence-electron chi connectivity index (χ1n) is 7.46. The van der Waals surface area contributed by atoms with E-state index in [1.807, 2.05) is 12.3 Å². The number of nitrogens with one attached hydrogen (secondary N) is 1. The highest BCUT2D eigenvalue weighted by molar-refractivity contribution is 7.98. The fraction of sp³-hybridized carbons (Fsp3) is 0.278. The average molecular weight is 313 g/mol. The number of rotatable bonds is 5. The summed E-state index contributed by atoms with van der Waals surface area (Å²) in [6.07, 6.45) is 4.07. The Kier molecular flexibility index (Phi) is 4.12. The Bertz CT molecular complexity index is 851. The zero-order valence-electron chi connectivity index (χ0n) is 12.8. The van der Waals surface area contributed by atoms with Crippen LogP contribution in [-0.4, -0.2) is 22.3 Å². The summed E-state index contributed by atoms with van der Waals surface area (Å²) in [5.74, 6) is -0.784. The standard InChI is InChI=1S/C18H19NO2S/c1-3-6-11-9-12(10-15(20)21)18(22-2)17-16(11)13-7-4-5-8-14(13)19-17/h4-5,7-9,19H,3,6,10H2,1-2H3,(H,20,21). The molecular weight excluding hydrogens is 294 g/mol. The van der Waals surface area contributed by atoms with Crippen LogP contribution in [0.15, 0.2) is 35.2 Å². The topological polar surface area (TPSA) is 53.1 Å². The van der Waals surface area contributed by atoms with Crippen LogP contribution in [0.5, 0.6) is 0 Å². The summed E-state index contributed by atoms with van der Waals surface area (Å²) in [5, 5.41) is 11.7. The molecule has 3 rings (SSSR count). The van der Waals surface area contributed by atoms with E-state index in [9.17, 15) is 9.90 Å². The third-order valence-electron chi connectivity index (χ3n) is 3.96. The highest BCUT2D eigenvalue weighted by atomic mass is 32.2. The van der Waals surface area contributed by atoms with E-state index in [1.54, 1.807) is 11.8 Å². The van der Waals surface area contributed by atoms with Crippen molar-refractivity contribution in [1.82, 2.24) is 4.98 Å². The number of aryl methyl sites for hydroxylation is 1. The minimum atomic E-state index is -0.784. The fourth-order valence-corrected chi connectivity index (χ4v) is 3.90. The Labute approximate surface area is 133 Å². The Hall–Kier alpha value is -1.94. The minimum Gasteiger partial charge on any atom is -0.481 e. The van der Waals surface area contributed by atoms with Gasteiger partial charge in [0.15, 0.2) is 0 Å². The van der Waals surface area contributed by atoms with E-state index >= 15 is 0 Å². The van der Waals surface area contributed by atoms with Crippen molar-refractivity contribution in [2.75, 3.05) is 6.26 Å². The van der Waals surface area contributed by atoms with Crippen LogP contribution in [0.2, 0.25) is 0 Å². The molecule has 0 unspecified atom stereocenters. The molecule has 2 aromatic carbocycles. The number of aromatic amines is 1. The molecule has 0 aliphatic carbocycles. The van der Waals surface area contributed by atoms with Crippen molar-refractivity contribution in [1.29, 1.82) is 0 Å². The Morgan fingerprint density at radius 1 is 1.27 bits per heavy atom. The molecule has 0 amide bonds. The van der Waals surface area contributed by atoms with Crippen LogP contribution in [0, 0.1) is 0 Å². The van der Waals surface area contributed by atoms with Crippen LogP contribution in [0.4, 0.5) is 0 Å². The van der Waals surface area contributed by atoms with Gasteiger partial charge in [-0.25, -0.2) is 0 Å². The maximum Gasteiger partial charge on any atom is 0.307 e. The lowest BCUT2D eigenvalue weighted by molar-refractivity contribution is -0.136. The summed E-state index contributed by atoms with van der Waals surface area (Å²) < 4.78 is 0. The predicted octanol–water partition coefficient (Wildman–Crippen LogP) is 4.62. The van der Waals surface area contributed by atoms with E-state index in [2.05, 4.69) is 36.2 Å². The molecule has 114 valence electrons. The lowest BCUT2D eigenvalue weighted by atomic mass is 9.98. The number of carboxylic acid groups (broad SMARTS) is 1. The number of benzene rings is 2. The molecule has 2 N–H and O–H groups in total. The van der Waals surface area contributed by atoms with Gasteiger partial charge in [-0.15, -0.1) is 11.8 Å². The van der Waals surface area contributed by atoms with Crippen molar-refractivity contribution in [2.24, 2.45) is 0 Å². The van der Waals surface area contributed by atoms with Gasteiger partial charge >= 0.3 is 5.97 Å². The summed E-state index contributed by atoms with van der Waals surface area (Å²) in [6.45, 7) is 2.15. The van der Waals surface area contributed by atoms with Crippen LogP contribution >= 0.6 is 11.8 Å². The first-order chi connectivity index (χ1) is 10.7. The van der Waals surface area contributed by atoms with E-state index in [4.69, 9.17) is 0 Å². The number of fused-ring (bicyclic) bond motifs is 3. The summed E-state index contributed by atoms with van der Waals surface area (Å²) in [5.41, 5.74) is 4.33. The number of aromatic nitrogens is 1. The Morgan fingerprint density at radius 3 is 2.73 bits per heavy atom. The molecule has 0 aliphatic rings. The fourth-order valence-electron chi connectivity index (χ4n) is 3.15. The molecule has 0 bridgehead atoms. The first kappa shape index (κ1) is 15.0. The summed E-state index contributed by atoms with van der Waals surface area (Å²) in [6, 6.07) is 10.4. The van der Waals surface area contributed by atoms with Gasteiger partial charge in [0.2, 0.25) is 0 Å². The Morgan fingerprint density at radius 2 is 2.05 bits per heavy atom. The Balaban J connectivity index is 2.39. The third kappa shape index (κ3) is 2.48. The van der Waals surface area contributed by atoms with Gasteiger partial charge in [0.05, 0.1) is 11.9 Å². The molecule has 3 nitrogen and oxygen atoms in total. The number of hydrogen-bond donors (Lipinski definition) is 2. The molecule has 0 saturated carbocycles. The quantitative estimate of drug-likeness (QED) is 0.676. The van der Waals surface area contributed by atoms with E-state index < -0.39 is 5.97 Å². The van der Waals surface area contributed by atoms with E-state index in [0.29, 0.717) is 0 Å². The van der Waals surface area contributed by atoms with Crippen LogP contribution in [0.3, 0.4) is 0 Å². The lowest BCUT2D eigenvalue weighted by Gasteiger charge is -2.11. The molecule has 0 atom stereocenters. The molecule has 0 spiro atoms. The SMILES string of the molecule is CCCc1cc(CC(=O)O)c(SC)c2[nH]c3ccccc3c12. The second kappa shape index (κ2) is 6.05. The average Bonchev–Trinajstić information content (AvgIpc) is 2.86. The van der Waals surface area contributed by atoms with Crippen LogP contribution in [-0.2, 0) is 17.6 Å². The number of carbonyl (C=O) groups is 1. The normalized spacial score (nSPS) is 11.4. The second-order valence-electron chi connectivity index (χ2n) is 5.47. The maximum absolute atomic E-state index is 11.2. The van der Waals surface area contributed by atoms with Crippen molar-refractivity contribution < 1.29 is 9.90 Å². The number of hydrogen-bond acceptors (Lipinski definition) is 2. The van der Waals surface area contributed by atoms with Crippen LogP contribution < -0.4 is 0 Å². The number of para-hydroxylation sites is 1. The summed E-state index contributed by atoms with van der Waals surface area (Å²) in [4.78, 5) is 15.7. The molecule has 4 heteroatoms. The van der Waals surface area contributed by atoms with E-state index in [-0.39, 0.29) is 6.42 Å². The number of thioether (sulfide) groups is 1. The van der Waals surface area contributed by atoms with Crippen molar-refractivity contribution in [3.8, 4) is 0 Å². The largest absolute Gasteiger partial charge is 0.481 e. The van der Waals surface area contributed by atoms with Gasteiger partial charge < -0.3 is 10.1 Å². The predicted molar refractivity (Wildman–Crippen MR) is 92.9 cm³/mol. The van der Waals surface area contributed by atoms with Gasteiger partial charge in [0, 0.05) is 21.2 Å². The summed E-state index contributed by atoms with van der Waals surface area (Å²) in [7, 11) is 0. The minimum absolute atomic E-state index is 0.0677. The van der Waals surface area contributed by atoms with Gasteiger partial charge in [0.25, 0.3) is 0 Å². The van der Waals surface area contributed by atoms with Crippen molar-refractivity contribution in [2.45, 2.75) is 31.1 Å². The molecule has 1 aromatic heterocycles. The monoisotopic (exact) mass is 313 g/mol. The number of aliphatic carboxylic acids is 1. The van der Waals surface area contributed by atoms with E-state index in [0.717, 1.165) is 34.3 Å². The first-order valence-corrected chi connectivity index (χ1v) is 8.69. The number of carboxylic acids is 1. The number of H-pyrrole nitrogens is 1. The van der Waals surface area contributed by atoms with Gasteiger partial charge in [-0.05, 0) is 29.9 Å². The highest BCUT2D eigenvalue weighted by Gasteiger charge is 2.17. The molecule has 0 aliphatic heterocycles. The molecule has 22 heavy (non-hydrogen) atoms. The second-order valence-corrected chi connectivity index (χ2v) is 6.29.